The van der Waals surface area contributed by atoms with E-state index in [9.17, 15) is 4.79 Å². The van der Waals surface area contributed by atoms with Crippen LogP contribution < -0.4 is 20.7 Å². The van der Waals surface area contributed by atoms with Crippen molar-refractivity contribution in [2.45, 2.75) is 107 Å². The number of methoxy groups -OCH3 is 1. The summed E-state index contributed by atoms with van der Waals surface area (Å²) in [6.07, 6.45) is 15.7. The molecule has 200 valence electrons. The molecule has 0 saturated heterocycles. The predicted octanol–water partition coefficient (Wildman–Crippen LogP) is 8.28. The van der Waals surface area contributed by atoms with Gasteiger partial charge in [0.25, 0.3) is 0 Å². The third-order valence-corrected chi connectivity index (χ3v) is 6.64. The Labute approximate surface area is 232 Å². The van der Waals surface area contributed by atoms with Crippen LogP contribution in [0.5, 0.6) is 5.75 Å². The first-order chi connectivity index (χ1) is 16.8. The third kappa shape index (κ3) is 16.4. The molecule has 0 spiro atoms. The minimum absolute atomic E-state index is 0.177. The molecule has 0 heterocycles. The first-order valence-electron chi connectivity index (χ1n) is 12.8. The molecule has 0 aliphatic carbocycles. The van der Waals surface area contributed by atoms with Crippen LogP contribution in [0.15, 0.2) is 24.3 Å². The van der Waals surface area contributed by atoms with Crippen LogP contribution in [0.2, 0.25) is 0 Å². The fourth-order valence-electron chi connectivity index (χ4n) is 3.71. The third-order valence-electron chi connectivity index (χ3n) is 5.76. The number of alkyl halides is 3. The SMILES string of the molecule is CCCCCCCCCCCCCCCC(=O)NC(NC(=S)Nc1ccc(OC)cc1)C(Cl)(Cl)Cl. The molecule has 1 aromatic rings. The lowest BCUT2D eigenvalue weighted by Gasteiger charge is -2.27. The summed E-state index contributed by atoms with van der Waals surface area (Å²) in [5, 5.41) is 8.85. The number of carbonyl (C=O) groups excluding carboxylic acids is 1. The second kappa shape index (κ2) is 19.2. The van der Waals surface area contributed by atoms with Crippen molar-refractivity contribution in [3.8, 4) is 5.75 Å². The normalized spacial score (nSPS) is 12.1. The van der Waals surface area contributed by atoms with Crippen LogP contribution in [-0.4, -0.2) is 28.1 Å². The maximum atomic E-state index is 12.4. The van der Waals surface area contributed by atoms with Crippen LogP contribution in [0, 0.1) is 0 Å². The summed E-state index contributed by atoms with van der Waals surface area (Å²) in [7, 11) is 1.60. The Hall–Kier alpha value is -0.950. The van der Waals surface area contributed by atoms with Crippen molar-refractivity contribution in [1.29, 1.82) is 0 Å². The number of rotatable bonds is 18. The first kappa shape index (κ1) is 32.1. The average molecular weight is 567 g/mol. The number of hydrogen-bond donors (Lipinski definition) is 3. The van der Waals surface area contributed by atoms with E-state index in [0.29, 0.717) is 6.42 Å². The molecule has 9 heteroatoms. The molecule has 0 aliphatic rings. The minimum atomic E-state index is -1.77. The van der Waals surface area contributed by atoms with Gasteiger partial charge in [0.05, 0.1) is 7.11 Å². The number of nitrogens with one attached hydrogen (secondary N) is 3. The summed E-state index contributed by atoms with van der Waals surface area (Å²) < 4.78 is 3.37. The van der Waals surface area contributed by atoms with Crippen LogP contribution in [0.4, 0.5) is 5.69 Å². The van der Waals surface area contributed by atoms with Crippen molar-refractivity contribution in [3.05, 3.63) is 24.3 Å². The molecule has 3 N–H and O–H groups in total. The van der Waals surface area contributed by atoms with E-state index in [4.69, 9.17) is 51.8 Å². The minimum Gasteiger partial charge on any atom is -0.497 e. The van der Waals surface area contributed by atoms with E-state index in [0.717, 1.165) is 30.7 Å². The summed E-state index contributed by atoms with van der Waals surface area (Å²) in [5.74, 6) is 0.554. The Morgan fingerprint density at radius 2 is 1.34 bits per heavy atom. The highest BCUT2D eigenvalue weighted by Gasteiger charge is 2.34. The second-order valence-electron chi connectivity index (χ2n) is 8.86. The molecule has 1 atom stereocenters. The highest BCUT2D eigenvalue weighted by molar-refractivity contribution is 7.80. The molecule has 1 amide bonds. The molecule has 0 aliphatic heterocycles. The smallest absolute Gasteiger partial charge is 0.228 e. The van der Waals surface area contributed by atoms with Gasteiger partial charge in [0.1, 0.15) is 11.9 Å². The van der Waals surface area contributed by atoms with Crippen molar-refractivity contribution in [2.24, 2.45) is 0 Å². The number of hydrogen-bond acceptors (Lipinski definition) is 3. The fourth-order valence-corrected chi connectivity index (χ4v) is 4.27. The highest BCUT2D eigenvalue weighted by atomic mass is 35.6. The zero-order valence-corrected chi connectivity index (χ0v) is 24.2. The van der Waals surface area contributed by atoms with E-state index in [1.807, 2.05) is 12.1 Å². The molecule has 35 heavy (non-hydrogen) atoms. The van der Waals surface area contributed by atoms with E-state index < -0.39 is 9.96 Å². The Kier molecular flexibility index (Phi) is 17.6. The molecule has 0 fully saturated rings. The molecular formula is C26H42Cl3N3O2S. The quantitative estimate of drug-likeness (QED) is 0.0722. The average Bonchev–Trinajstić information content (AvgIpc) is 2.81. The predicted molar refractivity (Wildman–Crippen MR) is 155 cm³/mol. The van der Waals surface area contributed by atoms with Gasteiger partial charge in [-0.2, -0.15) is 0 Å². The van der Waals surface area contributed by atoms with Gasteiger partial charge in [0.15, 0.2) is 5.11 Å². The number of carbonyl (C=O) groups is 1. The van der Waals surface area contributed by atoms with Crippen LogP contribution in [0.1, 0.15) is 96.8 Å². The Morgan fingerprint density at radius 1 is 0.857 bits per heavy atom. The molecule has 5 nitrogen and oxygen atoms in total. The molecule has 1 unspecified atom stereocenters. The molecule has 0 saturated carbocycles. The van der Waals surface area contributed by atoms with E-state index >= 15 is 0 Å². The van der Waals surface area contributed by atoms with Crippen molar-refractivity contribution in [1.82, 2.24) is 10.6 Å². The molecule has 1 rings (SSSR count). The number of amides is 1. The Balaban J connectivity index is 2.20. The van der Waals surface area contributed by atoms with E-state index in [-0.39, 0.29) is 11.0 Å². The molecule has 0 aromatic heterocycles. The number of thiocarbonyl (C=S) groups is 1. The second-order valence-corrected chi connectivity index (χ2v) is 11.6. The molecule has 0 radical (unpaired) electrons. The lowest BCUT2D eigenvalue weighted by atomic mass is 10.0. The number of anilines is 1. The summed E-state index contributed by atoms with van der Waals surface area (Å²) in [6, 6.07) is 7.22. The van der Waals surface area contributed by atoms with Gasteiger partial charge < -0.3 is 20.7 Å². The van der Waals surface area contributed by atoms with Gasteiger partial charge in [-0.05, 0) is 42.9 Å². The zero-order chi connectivity index (χ0) is 25.9. The van der Waals surface area contributed by atoms with Crippen molar-refractivity contribution in [2.75, 3.05) is 12.4 Å². The standard InChI is InChI=1S/C26H42Cl3N3O2S/c1-3-4-5-6-7-8-9-10-11-12-13-14-15-16-23(33)31-24(26(27,28)29)32-25(35)30-21-17-19-22(34-2)20-18-21/h17-20,24H,3-16H2,1-2H3,(H,31,33)(H2,30,32,35). The summed E-state index contributed by atoms with van der Waals surface area (Å²) in [4.78, 5) is 12.4. The molecule has 0 bridgehead atoms. The fraction of sp³-hybridized carbons (Fsp3) is 0.692. The van der Waals surface area contributed by atoms with E-state index in [1.54, 1.807) is 19.2 Å². The largest absolute Gasteiger partial charge is 0.497 e. The van der Waals surface area contributed by atoms with Crippen LogP contribution >= 0.6 is 47.0 Å². The summed E-state index contributed by atoms with van der Waals surface area (Å²) in [5.41, 5.74) is 0.740. The van der Waals surface area contributed by atoms with Crippen LogP contribution in [0.3, 0.4) is 0 Å². The van der Waals surface area contributed by atoms with E-state index in [2.05, 4.69) is 22.9 Å². The number of ether oxygens (including phenoxy) is 1. The van der Waals surface area contributed by atoms with Crippen LogP contribution in [0.25, 0.3) is 0 Å². The highest BCUT2D eigenvalue weighted by Crippen LogP contribution is 2.29. The lowest BCUT2D eigenvalue weighted by Crippen LogP contribution is -2.56. The first-order valence-corrected chi connectivity index (χ1v) is 14.4. The lowest BCUT2D eigenvalue weighted by molar-refractivity contribution is -0.122. The van der Waals surface area contributed by atoms with Crippen molar-refractivity contribution < 1.29 is 9.53 Å². The summed E-state index contributed by atoms with van der Waals surface area (Å²) in [6.45, 7) is 2.25. The molecular weight excluding hydrogens is 525 g/mol. The van der Waals surface area contributed by atoms with Crippen molar-refractivity contribution in [3.63, 3.8) is 0 Å². The van der Waals surface area contributed by atoms with Gasteiger partial charge >= 0.3 is 0 Å². The topological polar surface area (TPSA) is 62.4 Å². The maximum Gasteiger partial charge on any atom is 0.228 e. The van der Waals surface area contributed by atoms with Crippen LogP contribution in [-0.2, 0) is 4.79 Å². The van der Waals surface area contributed by atoms with Gasteiger partial charge in [-0.1, -0.05) is 119 Å². The van der Waals surface area contributed by atoms with Gasteiger partial charge in [-0.25, -0.2) is 0 Å². The Morgan fingerprint density at radius 3 is 1.80 bits per heavy atom. The maximum absolute atomic E-state index is 12.4. The summed E-state index contributed by atoms with van der Waals surface area (Å²) >= 11 is 23.5. The van der Waals surface area contributed by atoms with Gasteiger partial charge in [-0.3, -0.25) is 4.79 Å². The van der Waals surface area contributed by atoms with Gasteiger partial charge in [0, 0.05) is 12.1 Å². The number of unbranched alkanes of at least 4 members (excludes halogenated alkanes) is 12. The monoisotopic (exact) mass is 565 g/mol. The van der Waals surface area contributed by atoms with Crippen molar-refractivity contribution >= 4 is 63.7 Å². The van der Waals surface area contributed by atoms with Gasteiger partial charge in [-0.15, -0.1) is 0 Å². The van der Waals surface area contributed by atoms with E-state index in [1.165, 1.54) is 64.2 Å². The zero-order valence-electron chi connectivity index (χ0n) is 21.1. The number of halogens is 3. The van der Waals surface area contributed by atoms with Gasteiger partial charge in [0.2, 0.25) is 9.70 Å². The Bertz CT molecular complexity index is 715. The number of benzene rings is 1. The molecule has 1 aromatic carbocycles.